The van der Waals surface area contributed by atoms with E-state index in [9.17, 15) is 17.2 Å². The highest BCUT2D eigenvalue weighted by Gasteiger charge is 2.21. The van der Waals surface area contributed by atoms with Crippen molar-refractivity contribution in [1.82, 2.24) is 4.72 Å². The fourth-order valence-electron chi connectivity index (χ4n) is 1.82. The maximum absolute atomic E-state index is 13.4. The van der Waals surface area contributed by atoms with Gasteiger partial charge in [-0.25, -0.2) is 21.9 Å². The highest BCUT2D eigenvalue weighted by Crippen LogP contribution is 2.20. The van der Waals surface area contributed by atoms with Crippen molar-refractivity contribution in [1.29, 1.82) is 0 Å². The number of hydrogen-bond donors (Lipinski definition) is 2. The molecule has 0 radical (unpaired) electrons. The summed E-state index contributed by atoms with van der Waals surface area (Å²) in [7, 11) is -3.90. The van der Waals surface area contributed by atoms with E-state index in [1.807, 2.05) is 0 Å². The Bertz CT molecular complexity index is 757. The first-order valence-electron chi connectivity index (χ1n) is 6.06. The Labute approximate surface area is 120 Å². The molecular formula is C13H14F2N2O3S. The van der Waals surface area contributed by atoms with Crippen LogP contribution < -0.4 is 10.5 Å². The molecule has 1 aromatic heterocycles. The van der Waals surface area contributed by atoms with Gasteiger partial charge in [-0.1, -0.05) is 0 Å². The Morgan fingerprint density at radius 1 is 1.29 bits per heavy atom. The minimum atomic E-state index is -3.90. The number of nitrogens with two attached hydrogens (primary N) is 1. The van der Waals surface area contributed by atoms with Crippen LogP contribution in [0.2, 0.25) is 0 Å². The number of halogens is 2. The lowest BCUT2D eigenvalue weighted by Gasteiger charge is -2.06. The number of sulfonamides is 1. The van der Waals surface area contributed by atoms with E-state index in [2.05, 4.69) is 4.72 Å². The van der Waals surface area contributed by atoms with Crippen LogP contribution in [0.15, 0.2) is 33.6 Å². The van der Waals surface area contributed by atoms with Crippen LogP contribution in [-0.4, -0.2) is 8.42 Å². The van der Waals surface area contributed by atoms with Crippen molar-refractivity contribution < 1.29 is 21.6 Å². The average Bonchev–Trinajstić information content (AvgIpc) is 2.82. The summed E-state index contributed by atoms with van der Waals surface area (Å²) in [5, 5.41) is 0. The summed E-state index contributed by atoms with van der Waals surface area (Å²) in [6.07, 6.45) is 0. The van der Waals surface area contributed by atoms with Gasteiger partial charge in [-0.2, -0.15) is 0 Å². The van der Waals surface area contributed by atoms with Crippen LogP contribution >= 0.6 is 0 Å². The molecule has 3 N–H and O–H groups in total. The van der Waals surface area contributed by atoms with Gasteiger partial charge in [0.05, 0.1) is 6.54 Å². The van der Waals surface area contributed by atoms with Crippen molar-refractivity contribution in [3.8, 4) is 0 Å². The van der Waals surface area contributed by atoms with Gasteiger partial charge in [-0.3, -0.25) is 0 Å². The molecule has 0 saturated carbocycles. The molecule has 0 amide bonds. The van der Waals surface area contributed by atoms with Crippen LogP contribution in [0.4, 0.5) is 8.78 Å². The van der Waals surface area contributed by atoms with Gasteiger partial charge < -0.3 is 10.2 Å². The Morgan fingerprint density at radius 3 is 2.62 bits per heavy atom. The molecule has 2 rings (SSSR count). The van der Waals surface area contributed by atoms with Crippen LogP contribution in [0.1, 0.15) is 17.1 Å². The lowest BCUT2D eigenvalue weighted by Crippen LogP contribution is -2.24. The van der Waals surface area contributed by atoms with Crippen molar-refractivity contribution in [3.05, 3.63) is 53.0 Å². The van der Waals surface area contributed by atoms with Gasteiger partial charge in [0.25, 0.3) is 0 Å². The van der Waals surface area contributed by atoms with Crippen molar-refractivity contribution >= 4 is 10.0 Å². The number of benzene rings is 1. The van der Waals surface area contributed by atoms with Gasteiger partial charge in [0.2, 0.25) is 10.0 Å². The number of furan rings is 1. The fourth-order valence-corrected chi connectivity index (χ4v) is 3.03. The fraction of sp³-hybridized carbons (Fsp3) is 0.231. The van der Waals surface area contributed by atoms with Gasteiger partial charge in [0, 0.05) is 18.2 Å². The molecule has 0 atom stereocenters. The molecule has 0 spiro atoms. The molecule has 0 aliphatic carbocycles. The number of rotatable bonds is 5. The Kier molecular flexibility index (Phi) is 4.40. The number of nitrogens with one attached hydrogen (secondary N) is 1. The third kappa shape index (κ3) is 3.46. The van der Waals surface area contributed by atoms with Crippen LogP contribution in [-0.2, 0) is 23.1 Å². The standard InChI is InChI=1S/C13H14F2N2O3S/c1-8-13(5-11(6-16)20-8)21(18,19)17-7-9-4-10(14)2-3-12(9)15/h2-5,17H,6-7,16H2,1H3. The topological polar surface area (TPSA) is 85.3 Å². The average molecular weight is 316 g/mol. The molecule has 0 saturated heterocycles. The van der Waals surface area contributed by atoms with Gasteiger partial charge in [-0.15, -0.1) is 0 Å². The quantitative estimate of drug-likeness (QED) is 0.881. The second-order valence-electron chi connectivity index (χ2n) is 4.40. The smallest absolute Gasteiger partial charge is 0.244 e. The lowest BCUT2D eigenvalue weighted by molar-refractivity contribution is 0.478. The highest BCUT2D eigenvalue weighted by molar-refractivity contribution is 7.89. The third-order valence-electron chi connectivity index (χ3n) is 2.87. The Morgan fingerprint density at radius 2 is 2.00 bits per heavy atom. The zero-order valence-corrected chi connectivity index (χ0v) is 12.0. The molecule has 0 aliphatic rings. The first-order chi connectivity index (χ1) is 9.83. The Hall–Kier alpha value is -1.77. The van der Waals surface area contributed by atoms with E-state index in [0.717, 1.165) is 18.2 Å². The molecule has 0 fully saturated rings. The normalized spacial score (nSPS) is 11.8. The first kappa shape index (κ1) is 15.6. The second-order valence-corrected chi connectivity index (χ2v) is 6.13. The molecule has 1 aromatic carbocycles. The molecule has 1 heterocycles. The monoisotopic (exact) mass is 316 g/mol. The summed E-state index contributed by atoms with van der Waals surface area (Å²) in [6, 6.07) is 4.14. The zero-order chi connectivity index (χ0) is 15.6. The molecule has 0 unspecified atom stereocenters. The molecule has 8 heteroatoms. The lowest BCUT2D eigenvalue weighted by atomic mass is 10.2. The first-order valence-corrected chi connectivity index (χ1v) is 7.55. The summed E-state index contributed by atoms with van der Waals surface area (Å²) in [5.74, 6) is -0.825. The predicted molar refractivity (Wildman–Crippen MR) is 71.7 cm³/mol. The van der Waals surface area contributed by atoms with Crippen LogP contribution in [0, 0.1) is 18.6 Å². The van der Waals surface area contributed by atoms with E-state index in [0.29, 0.717) is 5.76 Å². The highest BCUT2D eigenvalue weighted by atomic mass is 32.2. The third-order valence-corrected chi connectivity index (χ3v) is 4.38. The number of hydrogen-bond acceptors (Lipinski definition) is 4. The van der Waals surface area contributed by atoms with Gasteiger partial charge in [0.1, 0.15) is 28.1 Å². The Balaban J connectivity index is 2.21. The molecule has 2 aromatic rings. The second kappa shape index (κ2) is 5.92. The van der Waals surface area contributed by atoms with E-state index in [1.165, 1.54) is 13.0 Å². The summed E-state index contributed by atoms with van der Waals surface area (Å²) >= 11 is 0. The largest absolute Gasteiger partial charge is 0.464 e. The zero-order valence-electron chi connectivity index (χ0n) is 11.2. The van der Waals surface area contributed by atoms with E-state index in [-0.39, 0.29) is 29.3 Å². The molecule has 5 nitrogen and oxygen atoms in total. The van der Waals surface area contributed by atoms with Crippen LogP contribution in [0.3, 0.4) is 0 Å². The summed E-state index contributed by atoms with van der Waals surface area (Å²) < 4.78 is 58.1. The summed E-state index contributed by atoms with van der Waals surface area (Å²) in [6.45, 7) is 1.18. The van der Waals surface area contributed by atoms with Crippen LogP contribution in [0.5, 0.6) is 0 Å². The minimum absolute atomic E-state index is 0.0644. The van der Waals surface area contributed by atoms with Crippen LogP contribution in [0.25, 0.3) is 0 Å². The van der Waals surface area contributed by atoms with Gasteiger partial charge in [0.15, 0.2) is 0 Å². The maximum Gasteiger partial charge on any atom is 0.244 e. The van der Waals surface area contributed by atoms with Crippen molar-refractivity contribution in [3.63, 3.8) is 0 Å². The molecule has 0 bridgehead atoms. The molecule has 114 valence electrons. The number of aryl methyl sites for hydroxylation is 1. The van der Waals surface area contributed by atoms with Gasteiger partial charge in [-0.05, 0) is 25.1 Å². The molecular weight excluding hydrogens is 302 g/mol. The minimum Gasteiger partial charge on any atom is -0.464 e. The summed E-state index contributed by atoms with van der Waals surface area (Å²) in [5.41, 5.74) is 5.29. The van der Waals surface area contributed by atoms with Crippen molar-refractivity contribution in [2.24, 2.45) is 5.73 Å². The molecule has 21 heavy (non-hydrogen) atoms. The predicted octanol–water partition coefficient (Wildman–Crippen LogP) is 1.80. The molecule has 0 aliphatic heterocycles. The van der Waals surface area contributed by atoms with Crippen molar-refractivity contribution in [2.75, 3.05) is 0 Å². The maximum atomic E-state index is 13.4. The van der Waals surface area contributed by atoms with E-state index in [4.69, 9.17) is 10.2 Å². The van der Waals surface area contributed by atoms with E-state index in [1.54, 1.807) is 0 Å². The van der Waals surface area contributed by atoms with Crippen molar-refractivity contribution in [2.45, 2.75) is 24.9 Å². The summed E-state index contributed by atoms with van der Waals surface area (Å²) in [4.78, 5) is -0.0697. The van der Waals surface area contributed by atoms with Gasteiger partial charge >= 0.3 is 0 Å². The SMILES string of the molecule is Cc1oc(CN)cc1S(=O)(=O)NCc1cc(F)ccc1F. The van der Waals surface area contributed by atoms with E-state index < -0.39 is 21.7 Å². The van der Waals surface area contributed by atoms with E-state index >= 15 is 0 Å².